The van der Waals surface area contributed by atoms with Crippen LogP contribution in [0.15, 0.2) is 48.5 Å². The molecule has 0 aliphatic rings. The molecule has 8 heteroatoms. The zero-order chi connectivity index (χ0) is 23.0. The summed E-state index contributed by atoms with van der Waals surface area (Å²) in [5.41, 5.74) is 5.46. The molecule has 0 aliphatic heterocycles. The molecule has 4 rings (SSSR count). The number of rotatable bonds is 5. The predicted molar refractivity (Wildman–Crippen MR) is 123 cm³/mol. The third kappa shape index (κ3) is 4.43. The average molecular weight is 452 g/mol. The van der Waals surface area contributed by atoms with Gasteiger partial charge in [-0.05, 0) is 68.7 Å². The van der Waals surface area contributed by atoms with Crippen LogP contribution < -0.4 is 5.32 Å². The molecule has 2 heterocycles. The van der Waals surface area contributed by atoms with Gasteiger partial charge in [0.15, 0.2) is 0 Å². The molecule has 2 aromatic carbocycles. The van der Waals surface area contributed by atoms with Crippen molar-refractivity contribution >= 4 is 23.3 Å². The number of aromatic nitrogens is 4. The van der Waals surface area contributed by atoms with Gasteiger partial charge in [-0.2, -0.15) is 10.2 Å². The summed E-state index contributed by atoms with van der Waals surface area (Å²) in [6.07, 6.45) is 0. The maximum Gasteiger partial charge on any atom is 0.261 e. The van der Waals surface area contributed by atoms with Crippen LogP contribution in [0.1, 0.15) is 38.4 Å². The Balaban J connectivity index is 1.63. The van der Waals surface area contributed by atoms with Gasteiger partial charge < -0.3 is 5.32 Å². The number of carbonyl (C=O) groups is 1. The fourth-order valence-corrected chi connectivity index (χ4v) is 4.04. The molecule has 0 aliphatic carbocycles. The maximum absolute atomic E-state index is 13.2. The number of halogens is 2. The molecule has 0 bridgehead atoms. The number of hydrogen-bond donors (Lipinski definition) is 1. The summed E-state index contributed by atoms with van der Waals surface area (Å²) < 4.78 is 16.4. The highest BCUT2D eigenvalue weighted by Crippen LogP contribution is 2.24. The monoisotopic (exact) mass is 451 g/mol. The van der Waals surface area contributed by atoms with Crippen LogP contribution in [0.5, 0.6) is 0 Å². The van der Waals surface area contributed by atoms with E-state index in [4.69, 9.17) is 11.6 Å². The molecule has 1 amide bonds. The predicted octanol–water partition coefficient (Wildman–Crippen LogP) is 5.40. The molecule has 4 aromatic rings. The Kier molecular flexibility index (Phi) is 5.84. The van der Waals surface area contributed by atoms with Crippen molar-refractivity contribution in [2.24, 2.45) is 0 Å². The van der Waals surface area contributed by atoms with E-state index < -0.39 is 0 Å². The number of anilines is 1. The van der Waals surface area contributed by atoms with Crippen LogP contribution in [0.3, 0.4) is 0 Å². The van der Waals surface area contributed by atoms with E-state index in [9.17, 15) is 9.18 Å². The summed E-state index contributed by atoms with van der Waals surface area (Å²) >= 11 is 6.52. The average Bonchev–Trinajstić information content (AvgIpc) is 3.21. The molecule has 0 spiro atoms. The Morgan fingerprint density at radius 1 is 1.00 bits per heavy atom. The van der Waals surface area contributed by atoms with Crippen LogP contribution in [0.4, 0.5) is 10.2 Å². The van der Waals surface area contributed by atoms with E-state index in [2.05, 4.69) is 21.6 Å². The highest BCUT2D eigenvalue weighted by Gasteiger charge is 2.22. The lowest BCUT2D eigenvalue weighted by molar-refractivity contribution is 0.102. The molecule has 0 fully saturated rings. The molecule has 0 saturated heterocycles. The Morgan fingerprint density at radius 2 is 1.66 bits per heavy atom. The minimum atomic E-state index is -0.372. The smallest absolute Gasteiger partial charge is 0.261 e. The van der Waals surface area contributed by atoms with Crippen LogP contribution in [0.25, 0.3) is 5.69 Å². The fourth-order valence-electron chi connectivity index (χ4n) is 3.72. The van der Waals surface area contributed by atoms with Gasteiger partial charge in [0.25, 0.3) is 5.91 Å². The van der Waals surface area contributed by atoms with Crippen LogP contribution in [-0.4, -0.2) is 25.5 Å². The molecule has 0 radical (unpaired) electrons. The molecule has 164 valence electrons. The molecule has 6 nitrogen and oxygen atoms in total. The van der Waals surface area contributed by atoms with Crippen molar-refractivity contribution in [2.75, 3.05) is 5.32 Å². The van der Waals surface area contributed by atoms with Crippen molar-refractivity contribution < 1.29 is 9.18 Å². The summed E-state index contributed by atoms with van der Waals surface area (Å²) in [7, 11) is 0. The van der Waals surface area contributed by atoms with E-state index in [0.29, 0.717) is 23.6 Å². The van der Waals surface area contributed by atoms with Gasteiger partial charge in [-0.3, -0.25) is 4.79 Å². The maximum atomic E-state index is 13.2. The SMILES string of the molecule is Cc1cc(C)cc(-n2nc(C)cc2NC(=O)c2c(C)nn(Cc3ccc(F)cc3)c2Cl)c1. The molecule has 0 unspecified atom stereocenters. The fraction of sp³-hybridized carbons (Fsp3) is 0.208. The first-order chi connectivity index (χ1) is 15.2. The van der Waals surface area contributed by atoms with Crippen molar-refractivity contribution in [3.05, 3.63) is 93.1 Å². The second kappa shape index (κ2) is 8.59. The van der Waals surface area contributed by atoms with Crippen molar-refractivity contribution in [3.63, 3.8) is 0 Å². The summed E-state index contributed by atoms with van der Waals surface area (Å²) in [5, 5.41) is 12.1. The van der Waals surface area contributed by atoms with Gasteiger partial charge in [-0.25, -0.2) is 13.8 Å². The molecular weight excluding hydrogens is 429 g/mol. The van der Waals surface area contributed by atoms with E-state index in [1.54, 1.807) is 23.7 Å². The zero-order valence-electron chi connectivity index (χ0n) is 18.3. The Hall–Kier alpha value is -3.45. The standard InChI is InChI=1S/C24H23ClFN5O/c1-14-9-15(2)11-20(10-14)31-21(12-16(3)28-31)27-24(32)22-17(4)29-30(23(22)25)13-18-5-7-19(26)8-6-18/h5-12H,13H2,1-4H3,(H,27,32). The van der Waals surface area contributed by atoms with Gasteiger partial charge in [0.1, 0.15) is 16.8 Å². The topological polar surface area (TPSA) is 64.7 Å². The van der Waals surface area contributed by atoms with E-state index in [-0.39, 0.29) is 16.9 Å². The van der Waals surface area contributed by atoms with E-state index in [0.717, 1.165) is 28.1 Å². The van der Waals surface area contributed by atoms with Crippen LogP contribution in [-0.2, 0) is 6.54 Å². The van der Waals surface area contributed by atoms with E-state index >= 15 is 0 Å². The number of benzene rings is 2. The van der Waals surface area contributed by atoms with E-state index in [1.807, 2.05) is 39.0 Å². The number of aryl methyl sites for hydroxylation is 4. The first-order valence-corrected chi connectivity index (χ1v) is 10.5. The molecule has 2 aromatic heterocycles. The molecule has 0 saturated carbocycles. The first-order valence-electron chi connectivity index (χ1n) is 10.2. The van der Waals surface area contributed by atoms with Crippen molar-refractivity contribution in [3.8, 4) is 5.69 Å². The lowest BCUT2D eigenvalue weighted by Crippen LogP contribution is -2.16. The second-order valence-corrected chi connectivity index (χ2v) is 8.28. The second-order valence-electron chi connectivity index (χ2n) is 7.92. The Labute approximate surface area is 190 Å². The number of hydrogen-bond acceptors (Lipinski definition) is 3. The van der Waals surface area contributed by atoms with Gasteiger partial charge in [0, 0.05) is 6.07 Å². The zero-order valence-corrected chi connectivity index (χ0v) is 19.0. The minimum Gasteiger partial charge on any atom is -0.306 e. The van der Waals surface area contributed by atoms with E-state index in [1.165, 1.54) is 16.8 Å². The number of carbonyl (C=O) groups excluding carboxylic acids is 1. The normalized spacial score (nSPS) is 11.1. The van der Waals surface area contributed by atoms with Crippen LogP contribution in [0, 0.1) is 33.5 Å². The highest BCUT2D eigenvalue weighted by atomic mass is 35.5. The van der Waals surface area contributed by atoms with Crippen LogP contribution >= 0.6 is 11.6 Å². The number of amides is 1. The summed E-state index contributed by atoms with van der Waals surface area (Å²) in [5.74, 6) is -0.144. The molecule has 1 N–H and O–H groups in total. The van der Waals surface area contributed by atoms with Gasteiger partial charge in [-0.1, -0.05) is 29.8 Å². The molecular formula is C24H23ClFN5O. The van der Waals surface area contributed by atoms with Crippen molar-refractivity contribution in [2.45, 2.75) is 34.2 Å². The minimum absolute atomic E-state index is 0.221. The summed E-state index contributed by atoms with van der Waals surface area (Å²) in [6.45, 7) is 7.96. The molecule has 0 atom stereocenters. The van der Waals surface area contributed by atoms with Crippen molar-refractivity contribution in [1.29, 1.82) is 0 Å². The van der Waals surface area contributed by atoms with Crippen LogP contribution in [0.2, 0.25) is 5.15 Å². The van der Waals surface area contributed by atoms with Crippen molar-refractivity contribution in [1.82, 2.24) is 19.6 Å². The third-order valence-corrected chi connectivity index (χ3v) is 5.45. The first kappa shape index (κ1) is 21.8. The summed E-state index contributed by atoms with van der Waals surface area (Å²) in [6, 6.07) is 14.0. The van der Waals surface area contributed by atoms with Gasteiger partial charge in [-0.15, -0.1) is 0 Å². The lowest BCUT2D eigenvalue weighted by Gasteiger charge is -2.11. The van der Waals surface area contributed by atoms with Gasteiger partial charge in [0.05, 0.1) is 29.2 Å². The number of nitrogens with zero attached hydrogens (tertiary/aromatic N) is 4. The largest absolute Gasteiger partial charge is 0.306 e. The third-order valence-electron chi connectivity index (χ3n) is 5.06. The molecule has 32 heavy (non-hydrogen) atoms. The highest BCUT2D eigenvalue weighted by molar-refractivity contribution is 6.33. The van der Waals surface area contributed by atoms with Gasteiger partial charge in [0.2, 0.25) is 0 Å². The lowest BCUT2D eigenvalue weighted by atomic mass is 10.1. The Bertz CT molecular complexity index is 1290. The quantitative estimate of drug-likeness (QED) is 0.442. The van der Waals surface area contributed by atoms with Gasteiger partial charge >= 0.3 is 0 Å². The number of nitrogens with one attached hydrogen (secondary N) is 1. The summed E-state index contributed by atoms with van der Waals surface area (Å²) in [4.78, 5) is 13.2. The Morgan fingerprint density at radius 3 is 2.31 bits per heavy atom.